The molecule has 0 heterocycles. The molecule has 0 aromatic heterocycles. The van der Waals surface area contributed by atoms with Gasteiger partial charge in [-0.05, 0) is 0 Å². The second-order valence-corrected chi connectivity index (χ2v) is 2.33. The Bertz CT molecular complexity index is 120. The quantitative estimate of drug-likeness (QED) is 0.279. The maximum atomic E-state index is 9.93. The van der Waals surface area contributed by atoms with Crippen LogP contribution in [0.3, 0.4) is 0 Å². The summed E-state index contributed by atoms with van der Waals surface area (Å²) in [6, 6.07) is 0. The van der Waals surface area contributed by atoms with Crippen molar-refractivity contribution < 1.29 is 14.4 Å². The van der Waals surface area contributed by atoms with Crippen LogP contribution in [0.5, 0.6) is 0 Å². The van der Waals surface area contributed by atoms with Gasteiger partial charge in [-0.1, -0.05) is 0 Å². The van der Waals surface area contributed by atoms with E-state index in [2.05, 4.69) is 9.12 Å². The van der Waals surface area contributed by atoms with Crippen LogP contribution in [0.4, 0.5) is 0 Å². The minimum Gasteiger partial charge on any atom is -0.315 e. The van der Waals surface area contributed by atoms with Crippen molar-refractivity contribution in [1.82, 2.24) is 0 Å². The Kier molecular flexibility index (Phi) is 4.24. The fourth-order valence-corrected chi connectivity index (χ4v) is 0.486. The van der Waals surface area contributed by atoms with Crippen molar-refractivity contribution in [2.75, 3.05) is 0 Å². The van der Waals surface area contributed by atoms with E-state index in [-0.39, 0.29) is 0 Å². The predicted molar refractivity (Wildman–Crippen MR) is 41.5 cm³/mol. The molecule has 0 aliphatic heterocycles. The predicted octanol–water partition coefficient (Wildman–Crippen LogP) is -1.26. The Morgan fingerprint density at radius 1 is 1.00 bits per heavy atom. The van der Waals surface area contributed by atoms with E-state index in [1.54, 1.807) is 0 Å². The molecule has 0 N–H and O–H groups in total. The number of carbonyl (C=O) groups excluding carboxylic acids is 3. The lowest BCUT2D eigenvalue weighted by Gasteiger charge is -1.92. The van der Waals surface area contributed by atoms with Crippen molar-refractivity contribution >= 4 is 40.6 Å². The zero-order valence-corrected chi connectivity index (χ0v) is 5.84. The van der Waals surface area contributed by atoms with E-state index in [4.69, 9.17) is 0 Å². The first-order valence-electron chi connectivity index (χ1n) is 2.37. The first-order chi connectivity index (χ1) is 4.26. The fraction of sp³-hybridized carbons (Fsp3) is 0. The lowest BCUT2D eigenvalue weighted by molar-refractivity contribution is 0.562. The maximum Gasteiger partial charge on any atom is 0.277 e. The molecule has 1 atom stereocenters. The van der Waals surface area contributed by atoms with E-state index in [9.17, 15) is 14.4 Å². The van der Waals surface area contributed by atoms with Crippen molar-refractivity contribution in [3.63, 3.8) is 0 Å². The molecule has 6 heteroatoms. The fourth-order valence-electron chi connectivity index (χ4n) is 0.304. The van der Waals surface area contributed by atoms with Crippen molar-refractivity contribution in [1.29, 1.82) is 0 Å². The Morgan fingerprint density at radius 2 is 1.44 bits per heavy atom. The summed E-state index contributed by atoms with van der Waals surface area (Å²) in [5.74, 6) is 0. The van der Waals surface area contributed by atoms with Gasteiger partial charge in [0.05, 0.1) is 18.6 Å². The van der Waals surface area contributed by atoms with E-state index in [0.717, 1.165) is 0 Å². The topological polar surface area (TPSA) is 51.2 Å². The van der Waals surface area contributed by atoms with Gasteiger partial charge >= 0.3 is 0 Å². The Balaban J connectivity index is 3.92. The van der Waals surface area contributed by atoms with Crippen LogP contribution in [-0.4, -0.2) is 31.5 Å². The van der Waals surface area contributed by atoms with E-state index in [1.165, 1.54) is 0 Å². The molecule has 0 spiro atoms. The lowest BCUT2D eigenvalue weighted by Crippen LogP contribution is -2.35. The summed E-state index contributed by atoms with van der Waals surface area (Å²) in [6.07, 6.45) is 0.899. The molecule has 0 aliphatic rings. The van der Waals surface area contributed by atoms with Gasteiger partial charge in [0.25, 0.3) is 6.60 Å². The van der Waals surface area contributed by atoms with Gasteiger partial charge in [-0.3, -0.25) is 0 Å². The maximum absolute atomic E-state index is 9.93. The molecule has 0 aliphatic carbocycles. The summed E-state index contributed by atoms with van der Waals surface area (Å²) in [6.45, 7) is -0.799. The minimum atomic E-state index is -0.799. The smallest absolute Gasteiger partial charge is 0.277 e. The molecule has 0 saturated heterocycles. The molecule has 0 aromatic carbocycles. The lowest BCUT2D eigenvalue weighted by atomic mass is 9.22. The van der Waals surface area contributed by atoms with Crippen LogP contribution >= 0.6 is 9.12 Å². The first kappa shape index (κ1) is 8.57. The Hall–Kier alpha value is -0.430. The highest BCUT2D eigenvalue weighted by Gasteiger charge is 2.23. The molecular formula is C3H5B2O3P. The zero-order chi connectivity index (χ0) is 7.28. The van der Waals surface area contributed by atoms with Gasteiger partial charge in [0.15, 0.2) is 0 Å². The molecule has 0 bridgehead atoms. The largest absolute Gasteiger partial charge is 0.315 e. The van der Waals surface area contributed by atoms with Gasteiger partial charge in [-0.25, -0.2) is 0 Å². The van der Waals surface area contributed by atoms with Crippen molar-refractivity contribution in [2.45, 2.75) is 0 Å². The number of rotatable bonds is 4. The third-order valence-electron chi connectivity index (χ3n) is 0.916. The van der Waals surface area contributed by atoms with E-state index in [1.807, 2.05) is 0 Å². The summed E-state index contributed by atoms with van der Waals surface area (Å²) < 4.78 is 0. The molecule has 9 heavy (non-hydrogen) atoms. The zero-order valence-electron chi connectivity index (χ0n) is 4.69. The molecule has 3 nitrogen and oxygen atoms in total. The van der Waals surface area contributed by atoms with Crippen LogP contribution < -0.4 is 0 Å². The Labute approximate surface area is 55.9 Å². The molecule has 0 fully saturated rings. The number of hydrogen-bond donors (Lipinski definition) is 0. The average molecular weight is 142 g/mol. The van der Waals surface area contributed by atoms with Crippen LogP contribution in [0.1, 0.15) is 0 Å². The van der Waals surface area contributed by atoms with Crippen LogP contribution in [0.25, 0.3) is 0 Å². The van der Waals surface area contributed by atoms with E-state index >= 15 is 0 Å². The normalized spacial score (nSPS) is 7.67. The first-order valence-corrected chi connectivity index (χ1v) is 3.04. The summed E-state index contributed by atoms with van der Waals surface area (Å²) in [5.41, 5.74) is 0. The average Bonchev–Trinajstić information content (AvgIpc) is 1.90. The van der Waals surface area contributed by atoms with Gasteiger partial charge < -0.3 is 14.4 Å². The molecule has 1 unspecified atom stereocenters. The van der Waals surface area contributed by atoms with Gasteiger partial charge in [0.2, 0.25) is 6.32 Å². The van der Waals surface area contributed by atoms with Crippen LogP contribution in [0.15, 0.2) is 0 Å². The van der Waals surface area contributed by atoms with Crippen LogP contribution in [-0.2, 0) is 14.4 Å². The highest BCUT2D eigenvalue weighted by molar-refractivity contribution is 7.88. The summed E-state index contributed by atoms with van der Waals surface area (Å²) in [4.78, 5) is 29.8. The van der Waals surface area contributed by atoms with Crippen molar-refractivity contribution in [3.8, 4) is 0 Å². The van der Waals surface area contributed by atoms with E-state index < -0.39 is 12.9 Å². The molecule has 0 radical (unpaired) electrons. The standard InChI is InChI=1S/C3H5B2O3P/c6-1-4(2-7)5(9)3-8/h1-3H,9H2. The van der Waals surface area contributed by atoms with E-state index in [0.29, 0.717) is 18.6 Å². The van der Waals surface area contributed by atoms with Gasteiger partial charge in [-0.2, -0.15) is 9.12 Å². The van der Waals surface area contributed by atoms with Gasteiger partial charge in [0.1, 0.15) is 0 Å². The van der Waals surface area contributed by atoms with Gasteiger partial charge in [-0.15, -0.1) is 0 Å². The third kappa shape index (κ3) is 2.56. The summed E-state index contributed by atoms with van der Waals surface area (Å²) >= 11 is 0. The monoisotopic (exact) mass is 142 g/mol. The molecule has 0 rings (SSSR count). The third-order valence-corrected chi connectivity index (χ3v) is 1.52. The van der Waals surface area contributed by atoms with Crippen LogP contribution in [0.2, 0.25) is 0 Å². The van der Waals surface area contributed by atoms with Crippen molar-refractivity contribution in [3.05, 3.63) is 0 Å². The van der Waals surface area contributed by atoms with Crippen molar-refractivity contribution in [2.24, 2.45) is 0 Å². The highest BCUT2D eigenvalue weighted by atomic mass is 31.0. The van der Waals surface area contributed by atoms with Crippen LogP contribution in [0, 0.1) is 0 Å². The minimum absolute atomic E-state index is 0.457. The molecular weight excluding hydrogens is 137 g/mol. The summed E-state index contributed by atoms with van der Waals surface area (Å²) in [5, 5.41) is 0. The highest BCUT2D eigenvalue weighted by Crippen LogP contribution is 1.90. The molecule has 46 valence electrons. The molecule has 0 saturated carbocycles. The SMILES string of the molecule is O=CB(P)B(C=O)C=O. The number of hydrogen-bond acceptors (Lipinski definition) is 3. The molecule has 0 amide bonds. The Morgan fingerprint density at radius 3 is 1.56 bits per heavy atom. The second kappa shape index (κ2) is 4.45. The number of carbonyl (C=O) groups is 3. The molecule has 0 aromatic rings. The van der Waals surface area contributed by atoms with Gasteiger partial charge in [0, 0.05) is 0 Å². The second-order valence-electron chi connectivity index (χ2n) is 1.56. The summed E-state index contributed by atoms with van der Waals surface area (Å²) in [7, 11) is 2.11.